The molecule has 0 atom stereocenters. The Balaban J connectivity index is 1.65. The van der Waals surface area contributed by atoms with Crippen LogP contribution in [-0.2, 0) is 6.54 Å². The molecule has 25 heavy (non-hydrogen) atoms. The standard InChI is InChI=1S/C17H19N5O3/c1-9-6-11(22-25-9)7-18-15(23)12-10(2)24-16-13(12)14(19-8-20-16)21-17(3)4-5-17/h6,8H,4-5,7H2,1-3H3,(H,18,23)(H,19,20,21). The van der Waals surface area contributed by atoms with E-state index in [1.54, 1.807) is 19.9 Å². The van der Waals surface area contributed by atoms with E-state index in [0.717, 1.165) is 12.8 Å². The maximum atomic E-state index is 12.7. The lowest BCUT2D eigenvalue weighted by molar-refractivity contribution is 0.0950. The van der Waals surface area contributed by atoms with Gasteiger partial charge < -0.3 is 19.6 Å². The molecule has 0 radical (unpaired) electrons. The van der Waals surface area contributed by atoms with E-state index in [2.05, 4.69) is 32.7 Å². The Hall–Kier alpha value is -2.90. The lowest BCUT2D eigenvalue weighted by Gasteiger charge is -2.13. The van der Waals surface area contributed by atoms with E-state index in [-0.39, 0.29) is 18.0 Å². The molecule has 1 fully saturated rings. The molecule has 0 spiro atoms. The normalized spacial score (nSPS) is 15.3. The van der Waals surface area contributed by atoms with E-state index in [0.29, 0.717) is 39.7 Å². The molecule has 1 aliphatic rings. The first-order valence-electron chi connectivity index (χ1n) is 8.18. The molecule has 3 heterocycles. The van der Waals surface area contributed by atoms with Crippen LogP contribution in [-0.4, -0.2) is 26.6 Å². The highest BCUT2D eigenvalue weighted by atomic mass is 16.5. The van der Waals surface area contributed by atoms with Crippen LogP contribution in [0.3, 0.4) is 0 Å². The van der Waals surface area contributed by atoms with Crippen LogP contribution in [0, 0.1) is 13.8 Å². The second kappa shape index (κ2) is 5.58. The summed E-state index contributed by atoms with van der Waals surface area (Å²) in [7, 11) is 0. The van der Waals surface area contributed by atoms with Gasteiger partial charge in [0.1, 0.15) is 29.4 Å². The lowest BCUT2D eigenvalue weighted by Crippen LogP contribution is -2.24. The van der Waals surface area contributed by atoms with E-state index in [1.807, 2.05) is 0 Å². The summed E-state index contributed by atoms with van der Waals surface area (Å²) >= 11 is 0. The minimum Gasteiger partial charge on any atom is -0.442 e. The van der Waals surface area contributed by atoms with Gasteiger partial charge in [0.2, 0.25) is 5.71 Å². The van der Waals surface area contributed by atoms with Crippen molar-refractivity contribution in [1.82, 2.24) is 20.4 Å². The molecule has 1 saturated carbocycles. The van der Waals surface area contributed by atoms with Crippen LogP contribution in [0.25, 0.3) is 11.1 Å². The Morgan fingerprint density at radius 2 is 2.12 bits per heavy atom. The van der Waals surface area contributed by atoms with Crippen molar-refractivity contribution in [3.63, 3.8) is 0 Å². The summed E-state index contributed by atoms with van der Waals surface area (Å²) in [5.74, 6) is 1.58. The number of rotatable bonds is 5. The highest BCUT2D eigenvalue weighted by Crippen LogP contribution is 2.40. The Kier molecular flexibility index (Phi) is 3.48. The zero-order valence-corrected chi connectivity index (χ0v) is 14.3. The number of hydrogen-bond donors (Lipinski definition) is 2. The first-order valence-corrected chi connectivity index (χ1v) is 8.18. The third-order valence-corrected chi connectivity index (χ3v) is 4.42. The Labute approximate surface area is 144 Å². The summed E-state index contributed by atoms with van der Waals surface area (Å²) < 4.78 is 10.7. The van der Waals surface area contributed by atoms with Crippen LogP contribution in [0.2, 0.25) is 0 Å². The summed E-state index contributed by atoms with van der Waals surface area (Å²) in [5.41, 5.74) is 1.54. The average molecular weight is 341 g/mol. The molecule has 0 aliphatic heterocycles. The second-order valence-corrected chi connectivity index (χ2v) is 6.73. The SMILES string of the molecule is Cc1cc(CNC(=O)c2c(C)oc3ncnc(NC4(C)CC4)c23)no1. The number of amides is 1. The number of anilines is 1. The minimum atomic E-state index is -0.254. The predicted octanol–water partition coefficient (Wildman–Crippen LogP) is 2.72. The van der Waals surface area contributed by atoms with Gasteiger partial charge >= 0.3 is 0 Å². The van der Waals surface area contributed by atoms with Gasteiger partial charge in [0.15, 0.2) is 0 Å². The number of carbonyl (C=O) groups is 1. The molecule has 130 valence electrons. The number of aryl methyl sites for hydroxylation is 2. The maximum absolute atomic E-state index is 12.7. The van der Waals surface area contributed by atoms with Gasteiger partial charge in [0.05, 0.1) is 17.5 Å². The van der Waals surface area contributed by atoms with E-state index in [9.17, 15) is 4.79 Å². The van der Waals surface area contributed by atoms with Crippen molar-refractivity contribution < 1.29 is 13.7 Å². The van der Waals surface area contributed by atoms with Gasteiger partial charge in [0.25, 0.3) is 5.91 Å². The molecule has 0 saturated heterocycles. The van der Waals surface area contributed by atoms with Crippen molar-refractivity contribution in [2.24, 2.45) is 0 Å². The molecule has 3 aromatic heterocycles. The summed E-state index contributed by atoms with van der Waals surface area (Å²) in [6, 6.07) is 1.78. The van der Waals surface area contributed by atoms with Crippen LogP contribution in [0.5, 0.6) is 0 Å². The summed E-state index contributed by atoms with van der Waals surface area (Å²) in [5, 5.41) is 10.7. The monoisotopic (exact) mass is 341 g/mol. The third kappa shape index (κ3) is 2.95. The molecular weight excluding hydrogens is 322 g/mol. The van der Waals surface area contributed by atoms with Gasteiger partial charge in [-0.05, 0) is 33.6 Å². The quantitative estimate of drug-likeness (QED) is 0.735. The molecule has 2 N–H and O–H groups in total. The Morgan fingerprint density at radius 3 is 2.80 bits per heavy atom. The van der Waals surface area contributed by atoms with Crippen LogP contribution < -0.4 is 10.6 Å². The first kappa shape index (κ1) is 15.6. The minimum absolute atomic E-state index is 0.0262. The lowest BCUT2D eigenvalue weighted by atomic mass is 10.1. The number of fused-ring (bicyclic) bond motifs is 1. The van der Waals surface area contributed by atoms with Crippen LogP contribution in [0.1, 0.15) is 47.3 Å². The fourth-order valence-electron chi connectivity index (χ4n) is 2.77. The molecule has 8 nitrogen and oxygen atoms in total. The molecule has 0 aromatic carbocycles. The zero-order chi connectivity index (χ0) is 17.6. The maximum Gasteiger partial charge on any atom is 0.255 e. The molecular formula is C17H19N5O3. The number of nitrogens with one attached hydrogen (secondary N) is 2. The Bertz CT molecular complexity index is 955. The first-order chi connectivity index (χ1) is 12.0. The topological polar surface area (TPSA) is 106 Å². The predicted molar refractivity (Wildman–Crippen MR) is 90.2 cm³/mol. The van der Waals surface area contributed by atoms with Crippen LogP contribution >= 0.6 is 0 Å². The van der Waals surface area contributed by atoms with Crippen LogP contribution in [0.4, 0.5) is 5.82 Å². The van der Waals surface area contributed by atoms with Crippen molar-refractivity contribution in [2.75, 3.05) is 5.32 Å². The third-order valence-electron chi connectivity index (χ3n) is 4.42. The van der Waals surface area contributed by atoms with Crippen molar-refractivity contribution in [3.05, 3.63) is 35.2 Å². The Morgan fingerprint density at radius 1 is 1.32 bits per heavy atom. The van der Waals surface area contributed by atoms with Crippen molar-refractivity contribution in [3.8, 4) is 0 Å². The highest BCUT2D eigenvalue weighted by Gasteiger charge is 2.38. The smallest absolute Gasteiger partial charge is 0.255 e. The van der Waals surface area contributed by atoms with Crippen molar-refractivity contribution in [1.29, 1.82) is 0 Å². The summed E-state index contributed by atoms with van der Waals surface area (Å²) in [6.45, 7) is 5.95. The van der Waals surface area contributed by atoms with E-state index in [1.165, 1.54) is 6.33 Å². The zero-order valence-electron chi connectivity index (χ0n) is 14.3. The van der Waals surface area contributed by atoms with E-state index in [4.69, 9.17) is 8.94 Å². The van der Waals surface area contributed by atoms with Crippen LogP contribution in [0.15, 0.2) is 21.3 Å². The largest absolute Gasteiger partial charge is 0.442 e. The fourth-order valence-corrected chi connectivity index (χ4v) is 2.77. The van der Waals surface area contributed by atoms with E-state index >= 15 is 0 Å². The van der Waals surface area contributed by atoms with Crippen molar-refractivity contribution >= 4 is 22.8 Å². The highest BCUT2D eigenvalue weighted by molar-refractivity contribution is 6.10. The number of hydrogen-bond acceptors (Lipinski definition) is 7. The average Bonchev–Trinajstić information content (AvgIpc) is 2.99. The second-order valence-electron chi connectivity index (χ2n) is 6.73. The number of aromatic nitrogens is 3. The molecule has 1 aliphatic carbocycles. The van der Waals surface area contributed by atoms with Gasteiger partial charge in [-0.15, -0.1) is 0 Å². The molecule has 0 bridgehead atoms. The number of carbonyl (C=O) groups excluding carboxylic acids is 1. The fraction of sp³-hybridized carbons (Fsp3) is 0.412. The van der Waals surface area contributed by atoms with Gasteiger partial charge in [0, 0.05) is 11.6 Å². The molecule has 4 rings (SSSR count). The summed E-state index contributed by atoms with van der Waals surface area (Å²) in [4.78, 5) is 21.2. The molecule has 3 aromatic rings. The van der Waals surface area contributed by atoms with Crippen molar-refractivity contribution in [2.45, 2.75) is 45.7 Å². The van der Waals surface area contributed by atoms with Gasteiger partial charge in [-0.1, -0.05) is 5.16 Å². The van der Waals surface area contributed by atoms with E-state index < -0.39 is 0 Å². The summed E-state index contributed by atoms with van der Waals surface area (Å²) in [6.07, 6.45) is 3.59. The van der Waals surface area contributed by atoms with Gasteiger partial charge in [-0.2, -0.15) is 0 Å². The molecule has 8 heteroatoms. The molecule has 1 amide bonds. The van der Waals surface area contributed by atoms with Gasteiger partial charge in [-0.25, -0.2) is 9.97 Å². The molecule has 0 unspecified atom stereocenters. The number of nitrogens with zero attached hydrogens (tertiary/aromatic N) is 3. The number of furan rings is 1. The van der Waals surface area contributed by atoms with Gasteiger partial charge in [-0.3, -0.25) is 4.79 Å².